The number of hydrazine groups is 1. The van der Waals surface area contributed by atoms with Crippen molar-refractivity contribution in [2.45, 2.75) is 13.5 Å². The Kier molecular flexibility index (Phi) is 3.43. The average Bonchev–Trinajstić information content (AvgIpc) is 3.18. The topological polar surface area (TPSA) is 122 Å². The molecule has 3 aromatic rings. The van der Waals surface area contributed by atoms with E-state index in [0.717, 1.165) is 6.54 Å². The maximum atomic E-state index is 5.57. The monoisotopic (exact) mass is 287 g/mol. The van der Waals surface area contributed by atoms with Gasteiger partial charge < -0.3 is 4.74 Å². The number of hydrogen-bond donors (Lipinski definition) is 2. The number of nitrogen functional groups attached to an aromatic ring is 1. The van der Waals surface area contributed by atoms with Crippen LogP contribution in [0.25, 0.3) is 5.95 Å². The number of ether oxygens (including phenoxy) is 1. The summed E-state index contributed by atoms with van der Waals surface area (Å²) in [7, 11) is 0. The summed E-state index contributed by atoms with van der Waals surface area (Å²) in [6.45, 7) is 2.73. The summed E-state index contributed by atoms with van der Waals surface area (Å²) in [6.07, 6.45) is 8.21. The minimum Gasteiger partial charge on any atom is -0.421 e. The zero-order valence-corrected chi connectivity index (χ0v) is 11.2. The van der Waals surface area contributed by atoms with Crippen LogP contribution in [0.1, 0.15) is 6.92 Å². The Balaban J connectivity index is 1.92. The Labute approximate surface area is 119 Å². The van der Waals surface area contributed by atoms with Gasteiger partial charge in [-0.15, -0.1) is 0 Å². The molecular weight excluding hydrogens is 274 g/mol. The van der Waals surface area contributed by atoms with E-state index < -0.39 is 0 Å². The molecule has 0 saturated heterocycles. The van der Waals surface area contributed by atoms with Gasteiger partial charge in [0.1, 0.15) is 6.33 Å². The minimum atomic E-state index is 0.109. The Morgan fingerprint density at radius 3 is 2.90 bits per heavy atom. The fourth-order valence-electron chi connectivity index (χ4n) is 1.62. The van der Waals surface area contributed by atoms with Crippen LogP contribution in [0.2, 0.25) is 0 Å². The van der Waals surface area contributed by atoms with E-state index in [9.17, 15) is 0 Å². The molecule has 3 heterocycles. The van der Waals surface area contributed by atoms with E-state index in [1.807, 2.05) is 6.92 Å². The lowest BCUT2D eigenvalue weighted by molar-refractivity contribution is 0.438. The fourth-order valence-corrected chi connectivity index (χ4v) is 1.62. The molecule has 3 N–H and O–H groups in total. The Bertz CT molecular complexity index is 721. The largest absolute Gasteiger partial charge is 0.421 e. The first-order valence-electron chi connectivity index (χ1n) is 6.20. The number of nitrogens with two attached hydrogens (primary N) is 1. The second kappa shape index (κ2) is 5.54. The summed E-state index contributed by atoms with van der Waals surface area (Å²) in [6, 6.07) is 0.109. The molecule has 10 heteroatoms. The van der Waals surface area contributed by atoms with Crippen molar-refractivity contribution >= 4 is 5.95 Å². The van der Waals surface area contributed by atoms with Gasteiger partial charge in [-0.05, 0) is 6.92 Å². The second-order valence-corrected chi connectivity index (χ2v) is 3.99. The molecule has 0 bridgehead atoms. The third-order valence-electron chi connectivity index (χ3n) is 2.61. The van der Waals surface area contributed by atoms with Crippen LogP contribution in [0.5, 0.6) is 11.8 Å². The van der Waals surface area contributed by atoms with Crippen molar-refractivity contribution in [3.8, 4) is 17.7 Å². The van der Waals surface area contributed by atoms with E-state index in [4.69, 9.17) is 10.6 Å². The van der Waals surface area contributed by atoms with Crippen molar-refractivity contribution in [2.24, 2.45) is 5.84 Å². The number of nitrogens with one attached hydrogen (secondary N) is 1. The molecule has 3 aromatic heterocycles. The summed E-state index contributed by atoms with van der Waals surface area (Å²) >= 11 is 0. The number of anilines is 1. The first-order valence-corrected chi connectivity index (χ1v) is 6.20. The van der Waals surface area contributed by atoms with Crippen molar-refractivity contribution in [3.05, 3.63) is 31.1 Å². The predicted molar refractivity (Wildman–Crippen MR) is 72.7 cm³/mol. The van der Waals surface area contributed by atoms with Gasteiger partial charge in [-0.25, -0.2) is 10.8 Å². The zero-order valence-electron chi connectivity index (χ0n) is 11.2. The van der Waals surface area contributed by atoms with Crippen molar-refractivity contribution in [1.29, 1.82) is 0 Å². The van der Waals surface area contributed by atoms with Crippen LogP contribution >= 0.6 is 0 Å². The van der Waals surface area contributed by atoms with Crippen LogP contribution < -0.4 is 16.0 Å². The SMILES string of the molecule is CCn1cc(Oc2nc(NN)nc(-n3ccnc3)n2)cn1. The smallest absolute Gasteiger partial charge is 0.328 e. The van der Waals surface area contributed by atoms with Crippen molar-refractivity contribution in [3.63, 3.8) is 0 Å². The molecule has 108 valence electrons. The van der Waals surface area contributed by atoms with Gasteiger partial charge in [0.15, 0.2) is 5.75 Å². The number of aryl methyl sites for hydroxylation is 1. The molecule has 0 aliphatic carbocycles. The molecule has 0 radical (unpaired) electrons. The third-order valence-corrected chi connectivity index (χ3v) is 2.61. The van der Waals surface area contributed by atoms with Gasteiger partial charge in [0.2, 0.25) is 11.9 Å². The fraction of sp³-hybridized carbons (Fsp3) is 0.182. The third kappa shape index (κ3) is 2.79. The van der Waals surface area contributed by atoms with Crippen LogP contribution in [0.4, 0.5) is 5.95 Å². The summed E-state index contributed by atoms with van der Waals surface area (Å²) in [5, 5.41) is 4.11. The van der Waals surface area contributed by atoms with E-state index in [0.29, 0.717) is 11.7 Å². The highest BCUT2D eigenvalue weighted by atomic mass is 16.5. The summed E-state index contributed by atoms with van der Waals surface area (Å²) in [5.41, 5.74) is 2.38. The van der Waals surface area contributed by atoms with Gasteiger partial charge in [0.05, 0.1) is 12.4 Å². The van der Waals surface area contributed by atoms with E-state index in [1.165, 1.54) is 0 Å². The first kappa shape index (κ1) is 13.0. The predicted octanol–water partition coefficient (Wildman–Crippen LogP) is 0.352. The van der Waals surface area contributed by atoms with E-state index in [-0.39, 0.29) is 12.0 Å². The van der Waals surface area contributed by atoms with Gasteiger partial charge in [0.25, 0.3) is 0 Å². The van der Waals surface area contributed by atoms with Crippen LogP contribution in [-0.4, -0.2) is 34.3 Å². The highest BCUT2D eigenvalue weighted by Gasteiger charge is 2.10. The molecule has 0 aliphatic rings. The molecule has 0 spiro atoms. The van der Waals surface area contributed by atoms with Gasteiger partial charge in [0, 0.05) is 18.9 Å². The number of hydrogen-bond acceptors (Lipinski definition) is 8. The van der Waals surface area contributed by atoms with Crippen LogP contribution in [0, 0.1) is 0 Å². The van der Waals surface area contributed by atoms with E-state index in [2.05, 4.69) is 30.5 Å². The Morgan fingerprint density at radius 1 is 1.33 bits per heavy atom. The molecular formula is C11H13N9O. The van der Waals surface area contributed by atoms with Crippen molar-refractivity contribution in [2.75, 3.05) is 5.43 Å². The number of rotatable bonds is 5. The Morgan fingerprint density at radius 2 is 2.24 bits per heavy atom. The quantitative estimate of drug-likeness (QED) is 0.509. The van der Waals surface area contributed by atoms with Gasteiger partial charge >= 0.3 is 6.01 Å². The molecule has 0 unspecified atom stereocenters. The molecule has 21 heavy (non-hydrogen) atoms. The molecule has 0 atom stereocenters. The summed E-state index contributed by atoms with van der Waals surface area (Å²) < 4.78 is 8.91. The van der Waals surface area contributed by atoms with Gasteiger partial charge in [-0.3, -0.25) is 14.7 Å². The number of imidazole rings is 1. The molecule has 0 aromatic carbocycles. The van der Waals surface area contributed by atoms with Crippen molar-refractivity contribution < 1.29 is 4.74 Å². The van der Waals surface area contributed by atoms with Crippen LogP contribution in [-0.2, 0) is 6.54 Å². The highest BCUT2D eigenvalue weighted by molar-refractivity contribution is 5.30. The minimum absolute atomic E-state index is 0.109. The average molecular weight is 287 g/mol. The molecule has 0 amide bonds. The zero-order chi connectivity index (χ0) is 14.7. The molecule has 3 rings (SSSR count). The van der Waals surface area contributed by atoms with Gasteiger partial charge in [-0.1, -0.05) is 0 Å². The van der Waals surface area contributed by atoms with E-state index >= 15 is 0 Å². The molecule has 0 fully saturated rings. The molecule has 0 aliphatic heterocycles. The highest BCUT2D eigenvalue weighted by Crippen LogP contribution is 2.18. The molecule has 0 saturated carbocycles. The maximum Gasteiger partial charge on any atom is 0.328 e. The number of aromatic nitrogens is 7. The Hall–Kier alpha value is -3.01. The maximum absolute atomic E-state index is 5.57. The summed E-state index contributed by atoms with van der Waals surface area (Å²) in [5.74, 6) is 6.42. The number of nitrogens with zero attached hydrogens (tertiary/aromatic N) is 7. The van der Waals surface area contributed by atoms with Crippen LogP contribution in [0.3, 0.4) is 0 Å². The lowest BCUT2D eigenvalue weighted by Gasteiger charge is -2.06. The lowest BCUT2D eigenvalue weighted by Crippen LogP contribution is -2.13. The lowest BCUT2D eigenvalue weighted by atomic mass is 10.6. The van der Waals surface area contributed by atoms with Crippen LogP contribution in [0.15, 0.2) is 31.1 Å². The molecule has 10 nitrogen and oxygen atoms in total. The standard InChI is InChI=1S/C11H13N9O/c1-2-20-6-8(5-14-20)21-11-16-9(18-12)15-10(17-11)19-4-3-13-7-19/h3-7H,2,12H2,1H3,(H,15,16,17,18). The summed E-state index contributed by atoms with van der Waals surface area (Å²) in [4.78, 5) is 16.3. The van der Waals surface area contributed by atoms with Crippen molar-refractivity contribution in [1.82, 2.24) is 34.3 Å². The normalized spacial score (nSPS) is 10.6. The van der Waals surface area contributed by atoms with E-state index in [1.54, 1.807) is 40.4 Å². The van der Waals surface area contributed by atoms with Gasteiger partial charge in [-0.2, -0.15) is 20.1 Å². The second-order valence-electron chi connectivity index (χ2n) is 3.99. The first-order chi connectivity index (χ1) is 10.3.